The lowest BCUT2D eigenvalue weighted by atomic mass is 10.1. The fourth-order valence-electron chi connectivity index (χ4n) is 3.54. The highest BCUT2D eigenvalue weighted by Crippen LogP contribution is 2.18. The van der Waals surface area contributed by atoms with Crippen LogP contribution >= 0.6 is 0 Å². The zero-order valence-electron chi connectivity index (χ0n) is 17.1. The lowest BCUT2D eigenvalue weighted by molar-refractivity contribution is 0.0949. The third kappa shape index (κ3) is 4.49. The van der Waals surface area contributed by atoms with Gasteiger partial charge in [0.2, 0.25) is 0 Å². The van der Waals surface area contributed by atoms with Crippen molar-refractivity contribution in [2.75, 3.05) is 6.61 Å². The zero-order chi connectivity index (χ0) is 20.9. The number of hydrogen-bond donors (Lipinski definition) is 1. The number of hydrogen-bond acceptors (Lipinski definition) is 4. The fraction of sp³-hybridized carbons (Fsp3) is 0.208. The van der Waals surface area contributed by atoms with Crippen molar-refractivity contribution in [1.29, 1.82) is 0 Å². The van der Waals surface area contributed by atoms with Gasteiger partial charge < -0.3 is 14.6 Å². The number of rotatable bonds is 7. The first-order valence-electron chi connectivity index (χ1n) is 9.93. The Hall–Kier alpha value is -3.67. The van der Waals surface area contributed by atoms with E-state index in [1.807, 2.05) is 36.4 Å². The van der Waals surface area contributed by atoms with Gasteiger partial charge in [0.15, 0.2) is 0 Å². The molecular formula is C24H24N4O2. The Morgan fingerprint density at radius 2 is 1.87 bits per heavy atom. The lowest BCUT2D eigenvalue weighted by Gasteiger charge is -2.12. The fourth-order valence-corrected chi connectivity index (χ4v) is 3.54. The number of ether oxygens (including phenoxy) is 1. The molecule has 0 aliphatic rings. The third-order valence-electron chi connectivity index (χ3n) is 4.84. The van der Waals surface area contributed by atoms with Crippen LogP contribution < -0.4 is 10.1 Å². The van der Waals surface area contributed by atoms with E-state index in [1.54, 1.807) is 24.5 Å². The summed E-state index contributed by atoms with van der Waals surface area (Å²) in [5.74, 6) is 1.48. The van der Waals surface area contributed by atoms with E-state index < -0.39 is 0 Å². The van der Waals surface area contributed by atoms with Gasteiger partial charge >= 0.3 is 0 Å². The number of carbonyl (C=O) groups excluding carboxylic acids is 1. The average Bonchev–Trinajstić information content (AvgIpc) is 3.09. The summed E-state index contributed by atoms with van der Waals surface area (Å²) in [6, 6.07) is 17.6. The molecule has 0 atom stereocenters. The van der Waals surface area contributed by atoms with Crippen molar-refractivity contribution in [3.05, 3.63) is 89.5 Å². The predicted octanol–water partition coefficient (Wildman–Crippen LogP) is 4.06. The summed E-state index contributed by atoms with van der Waals surface area (Å²) in [6.45, 7) is 5.59. The number of fused-ring (bicyclic) bond motifs is 1. The SMILES string of the molecule is Cc1cc(C)cc(OCCn2c(CNC(=O)c3cccnc3)nc3ccccc32)c1. The minimum Gasteiger partial charge on any atom is -0.492 e. The number of carbonyl (C=O) groups is 1. The van der Waals surface area contributed by atoms with Crippen LogP contribution in [0.25, 0.3) is 11.0 Å². The van der Waals surface area contributed by atoms with Crippen LogP contribution in [0.3, 0.4) is 0 Å². The molecule has 30 heavy (non-hydrogen) atoms. The quantitative estimate of drug-likeness (QED) is 0.508. The number of nitrogens with one attached hydrogen (secondary N) is 1. The molecule has 1 N–H and O–H groups in total. The Morgan fingerprint density at radius 3 is 2.63 bits per heavy atom. The number of nitrogens with zero attached hydrogens (tertiary/aromatic N) is 3. The Bertz CT molecular complexity index is 1150. The minimum absolute atomic E-state index is 0.173. The Labute approximate surface area is 175 Å². The number of imidazole rings is 1. The molecule has 2 heterocycles. The van der Waals surface area contributed by atoms with Crippen molar-refractivity contribution in [3.8, 4) is 5.75 Å². The number of para-hydroxylation sites is 2. The first kappa shape index (κ1) is 19.6. The predicted molar refractivity (Wildman–Crippen MR) is 117 cm³/mol. The van der Waals surface area contributed by atoms with E-state index >= 15 is 0 Å². The smallest absolute Gasteiger partial charge is 0.253 e. The van der Waals surface area contributed by atoms with Crippen LogP contribution in [0.1, 0.15) is 27.3 Å². The van der Waals surface area contributed by atoms with Gasteiger partial charge in [0, 0.05) is 12.4 Å². The second-order valence-corrected chi connectivity index (χ2v) is 7.26. The molecule has 2 aromatic heterocycles. The normalized spacial score (nSPS) is 10.9. The van der Waals surface area contributed by atoms with Gasteiger partial charge in [-0.3, -0.25) is 9.78 Å². The molecule has 0 aliphatic carbocycles. The summed E-state index contributed by atoms with van der Waals surface area (Å²) in [6.07, 6.45) is 3.20. The number of amides is 1. The summed E-state index contributed by atoms with van der Waals surface area (Å²) in [7, 11) is 0. The maximum Gasteiger partial charge on any atom is 0.253 e. The molecule has 0 spiro atoms. The lowest BCUT2D eigenvalue weighted by Crippen LogP contribution is -2.25. The van der Waals surface area contributed by atoms with Crippen molar-refractivity contribution in [1.82, 2.24) is 19.9 Å². The highest BCUT2D eigenvalue weighted by atomic mass is 16.5. The number of aromatic nitrogens is 3. The van der Waals surface area contributed by atoms with E-state index in [0.29, 0.717) is 25.3 Å². The van der Waals surface area contributed by atoms with Gasteiger partial charge in [0.25, 0.3) is 5.91 Å². The van der Waals surface area contributed by atoms with Crippen molar-refractivity contribution >= 4 is 16.9 Å². The second-order valence-electron chi connectivity index (χ2n) is 7.26. The molecule has 0 aliphatic heterocycles. The first-order chi connectivity index (χ1) is 14.6. The molecule has 0 fully saturated rings. The van der Waals surface area contributed by atoms with Crippen LogP contribution in [0, 0.1) is 13.8 Å². The standard InChI is InChI=1S/C24H24N4O2/c1-17-12-18(2)14-20(13-17)30-11-10-28-22-8-4-3-7-21(22)27-23(28)16-26-24(29)19-6-5-9-25-15-19/h3-9,12-15H,10-11,16H2,1-2H3,(H,26,29). The molecule has 0 radical (unpaired) electrons. The van der Waals surface area contributed by atoms with Gasteiger partial charge in [0.05, 0.1) is 29.7 Å². The van der Waals surface area contributed by atoms with E-state index in [9.17, 15) is 4.79 Å². The summed E-state index contributed by atoms with van der Waals surface area (Å²) in [4.78, 5) is 21.1. The largest absolute Gasteiger partial charge is 0.492 e. The molecule has 1 amide bonds. The highest BCUT2D eigenvalue weighted by Gasteiger charge is 2.12. The minimum atomic E-state index is -0.173. The molecule has 6 heteroatoms. The van der Waals surface area contributed by atoms with Gasteiger partial charge in [-0.2, -0.15) is 0 Å². The van der Waals surface area contributed by atoms with Gasteiger partial charge in [-0.05, 0) is 61.4 Å². The Balaban J connectivity index is 1.49. The zero-order valence-corrected chi connectivity index (χ0v) is 17.1. The van der Waals surface area contributed by atoms with Crippen LogP contribution in [-0.2, 0) is 13.1 Å². The van der Waals surface area contributed by atoms with Crippen LogP contribution in [0.15, 0.2) is 67.0 Å². The first-order valence-corrected chi connectivity index (χ1v) is 9.93. The van der Waals surface area contributed by atoms with Gasteiger partial charge in [0.1, 0.15) is 18.2 Å². The summed E-state index contributed by atoms with van der Waals surface area (Å²) >= 11 is 0. The molecule has 4 rings (SSSR count). The van der Waals surface area contributed by atoms with E-state index in [2.05, 4.69) is 34.8 Å². The van der Waals surface area contributed by atoms with Gasteiger partial charge in [-0.1, -0.05) is 18.2 Å². The molecule has 2 aromatic carbocycles. The number of benzene rings is 2. The summed E-state index contributed by atoms with van der Waals surface area (Å²) in [5.41, 5.74) is 4.80. The highest BCUT2D eigenvalue weighted by molar-refractivity contribution is 5.93. The maximum atomic E-state index is 12.4. The van der Waals surface area contributed by atoms with Crippen LogP contribution in [0.4, 0.5) is 0 Å². The Morgan fingerprint density at radius 1 is 1.07 bits per heavy atom. The van der Waals surface area contributed by atoms with Gasteiger partial charge in [-0.25, -0.2) is 4.98 Å². The second kappa shape index (κ2) is 8.78. The summed E-state index contributed by atoms with van der Waals surface area (Å²) in [5, 5.41) is 2.94. The van der Waals surface area contributed by atoms with Crippen molar-refractivity contribution in [2.45, 2.75) is 26.9 Å². The van der Waals surface area contributed by atoms with E-state index in [1.165, 1.54) is 11.1 Å². The monoisotopic (exact) mass is 400 g/mol. The molecule has 6 nitrogen and oxygen atoms in total. The Kier molecular flexibility index (Phi) is 5.75. The molecule has 0 unspecified atom stereocenters. The van der Waals surface area contributed by atoms with Crippen LogP contribution in [0.5, 0.6) is 5.75 Å². The van der Waals surface area contributed by atoms with E-state index in [4.69, 9.17) is 9.72 Å². The van der Waals surface area contributed by atoms with E-state index in [0.717, 1.165) is 22.6 Å². The third-order valence-corrected chi connectivity index (χ3v) is 4.84. The maximum absolute atomic E-state index is 12.4. The van der Waals surface area contributed by atoms with Crippen molar-refractivity contribution in [3.63, 3.8) is 0 Å². The summed E-state index contributed by atoms with van der Waals surface area (Å²) < 4.78 is 8.09. The molecular weight excluding hydrogens is 376 g/mol. The molecule has 4 aromatic rings. The van der Waals surface area contributed by atoms with E-state index in [-0.39, 0.29) is 5.91 Å². The number of pyridine rings is 1. The van der Waals surface area contributed by atoms with Gasteiger partial charge in [-0.15, -0.1) is 0 Å². The number of aryl methyl sites for hydroxylation is 2. The topological polar surface area (TPSA) is 69.0 Å². The average molecular weight is 400 g/mol. The molecule has 0 bridgehead atoms. The van der Waals surface area contributed by atoms with Crippen LogP contribution in [0.2, 0.25) is 0 Å². The molecule has 152 valence electrons. The molecule has 0 saturated carbocycles. The van der Waals surface area contributed by atoms with Crippen molar-refractivity contribution in [2.24, 2.45) is 0 Å². The molecule has 0 saturated heterocycles. The van der Waals surface area contributed by atoms with Crippen molar-refractivity contribution < 1.29 is 9.53 Å². The van der Waals surface area contributed by atoms with Crippen LogP contribution in [-0.4, -0.2) is 27.0 Å².